The Hall–Kier alpha value is -1.18. The summed E-state index contributed by atoms with van der Waals surface area (Å²) in [7, 11) is 0. The lowest BCUT2D eigenvalue weighted by Gasteiger charge is -2.22. The van der Waals surface area contributed by atoms with Gasteiger partial charge in [-0.3, -0.25) is 4.79 Å². The van der Waals surface area contributed by atoms with Crippen LogP contribution >= 0.6 is 0 Å². The van der Waals surface area contributed by atoms with E-state index < -0.39 is 12.1 Å². The minimum absolute atomic E-state index is 0.179. The highest BCUT2D eigenvalue weighted by molar-refractivity contribution is 5.81. The van der Waals surface area contributed by atoms with Crippen molar-refractivity contribution in [1.29, 1.82) is 0 Å². The Balaban J connectivity index is 2.03. The molecule has 1 heterocycles. The molecule has 1 unspecified atom stereocenters. The van der Waals surface area contributed by atoms with E-state index in [2.05, 4.69) is 10.6 Å². The van der Waals surface area contributed by atoms with Crippen molar-refractivity contribution in [2.45, 2.75) is 6.10 Å². The van der Waals surface area contributed by atoms with Gasteiger partial charge in [-0.1, -0.05) is 0 Å². The second kappa shape index (κ2) is 7.15. The normalized spacial score (nSPS) is 20.4. The number of carbonyl (C=O) groups excluding carboxylic acids is 1. The molecule has 0 aliphatic carbocycles. The molecule has 0 aromatic carbocycles. The SMILES string of the molecule is O=C(O)COCCNC(=O)C1CNCCO1. The zero-order valence-corrected chi connectivity index (χ0v) is 8.90. The lowest BCUT2D eigenvalue weighted by molar-refractivity contribution is -0.142. The molecule has 16 heavy (non-hydrogen) atoms. The van der Waals surface area contributed by atoms with Crippen LogP contribution in [0.5, 0.6) is 0 Å². The van der Waals surface area contributed by atoms with Crippen molar-refractivity contribution in [3.8, 4) is 0 Å². The summed E-state index contributed by atoms with van der Waals surface area (Å²) in [6, 6.07) is 0. The molecule has 0 aromatic heterocycles. The van der Waals surface area contributed by atoms with Crippen LogP contribution in [0, 0.1) is 0 Å². The summed E-state index contributed by atoms with van der Waals surface area (Å²) in [5, 5.41) is 13.9. The van der Waals surface area contributed by atoms with Crippen LogP contribution in [-0.4, -0.2) is 62.5 Å². The third-order valence-electron chi connectivity index (χ3n) is 1.99. The van der Waals surface area contributed by atoms with Crippen LogP contribution in [0.25, 0.3) is 0 Å². The van der Waals surface area contributed by atoms with Crippen molar-refractivity contribution in [3.63, 3.8) is 0 Å². The Labute approximate surface area is 93.1 Å². The molecule has 0 radical (unpaired) electrons. The quantitative estimate of drug-likeness (QED) is 0.467. The van der Waals surface area contributed by atoms with E-state index in [4.69, 9.17) is 14.6 Å². The highest BCUT2D eigenvalue weighted by atomic mass is 16.5. The topological polar surface area (TPSA) is 96.9 Å². The molecule has 1 aliphatic rings. The van der Waals surface area contributed by atoms with Crippen LogP contribution in [0.4, 0.5) is 0 Å². The van der Waals surface area contributed by atoms with Gasteiger partial charge in [-0.25, -0.2) is 4.79 Å². The molecule has 7 heteroatoms. The highest BCUT2D eigenvalue weighted by Crippen LogP contribution is 1.95. The highest BCUT2D eigenvalue weighted by Gasteiger charge is 2.20. The van der Waals surface area contributed by atoms with Gasteiger partial charge in [0.2, 0.25) is 0 Å². The molecule has 7 nitrogen and oxygen atoms in total. The Morgan fingerprint density at radius 2 is 2.38 bits per heavy atom. The molecule has 1 saturated heterocycles. The standard InChI is InChI=1S/C9H16N2O5/c12-8(13)6-15-3-2-11-9(14)7-5-10-1-4-16-7/h7,10H,1-6H2,(H,11,14)(H,12,13). The van der Waals surface area contributed by atoms with Crippen LogP contribution in [0.15, 0.2) is 0 Å². The second-order valence-corrected chi connectivity index (χ2v) is 3.30. The summed E-state index contributed by atoms with van der Waals surface area (Å²) in [4.78, 5) is 21.6. The second-order valence-electron chi connectivity index (χ2n) is 3.30. The number of hydrogen-bond donors (Lipinski definition) is 3. The average Bonchev–Trinajstić information content (AvgIpc) is 2.29. The van der Waals surface area contributed by atoms with E-state index in [-0.39, 0.29) is 25.7 Å². The van der Waals surface area contributed by atoms with Gasteiger partial charge in [0.15, 0.2) is 0 Å². The smallest absolute Gasteiger partial charge is 0.329 e. The first-order valence-corrected chi connectivity index (χ1v) is 5.09. The predicted molar refractivity (Wildman–Crippen MR) is 54.1 cm³/mol. The summed E-state index contributed by atoms with van der Waals surface area (Å²) in [5.74, 6) is -1.22. The van der Waals surface area contributed by atoms with Gasteiger partial charge in [0.1, 0.15) is 12.7 Å². The van der Waals surface area contributed by atoms with Crippen LogP contribution in [-0.2, 0) is 19.1 Å². The number of carboxylic acids is 1. The van der Waals surface area contributed by atoms with Crippen molar-refractivity contribution in [3.05, 3.63) is 0 Å². The van der Waals surface area contributed by atoms with Gasteiger partial charge in [0, 0.05) is 19.6 Å². The number of hydrogen-bond acceptors (Lipinski definition) is 5. The van der Waals surface area contributed by atoms with Crippen molar-refractivity contribution in [2.75, 3.05) is 39.5 Å². The molecule has 0 aromatic rings. The molecule has 1 aliphatic heterocycles. The number of aliphatic carboxylic acids is 1. The average molecular weight is 232 g/mol. The van der Waals surface area contributed by atoms with E-state index in [1.807, 2.05) is 0 Å². The molecule has 1 fully saturated rings. The monoisotopic (exact) mass is 232 g/mol. The first-order chi connectivity index (χ1) is 7.70. The molecular weight excluding hydrogens is 216 g/mol. The fourth-order valence-electron chi connectivity index (χ4n) is 1.25. The van der Waals surface area contributed by atoms with Crippen molar-refractivity contribution < 1.29 is 24.2 Å². The minimum Gasteiger partial charge on any atom is -0.480 e. The maximum absolute atomic E-state index is 11.4. The number of carboxylic acid groups (broad SMARTS) is 1. The van der Waals surface area contributed by atoms with Gasteiger partial charge in [-0.05, 0) is 0 Å². The lowest BCUT2D eigenvalue weighted by Crippen LogP contribution is -2.48. The molecule has 0 saturated carbocycles. The largest absolute Gasteiger partial charge is 0.480 e. The summed E-state index contributed by atoms with van der Waals surface area (Å²) in [6.07, 6.45) is -0.465. The van der Waals surface area contributed by atoms with E-state index in [0.717, 1.165) is 6.54 Å². The van der Waals surface area contributed by atoms with E-state index in [1.165, 1.54) is 0 Å². The fraction of sp³-hybridized carbons (Fsp3) is 0.778. The number of nitrogens with one attached hydrogen (secondary N) is 2. The summed E-state index contributed by atoms with van der Waals surface area (Å²) >= 11 is 0. The summed E-state index contributed by atoms with van der Waals surface area (Å²) in [6.45, 7) is 1.89. The Bertz CT molecular complexity index is 240. The fourth-order valence-corrected chi connectivity index (χ4v) is 1.25. The molecule has 0 bridgehead atoms. The van der Waals surface area contributed by atoms with E-state index in [1.54, 1.807) is 0 Å². The maximum atomic E-state index is 11.4. The Morgan fingerprint density at radius 3 is 3.00 bits per heavy atom. The Kier molecular flexibility index (Phi) is 5.76. The molecule has 1 rings (SSSR count). The van der Waals surface area contributed by atoms with Gasteiger partial charge in [-0.15, -0.1) is 0 Å². The minimum atomic E-state index is -1.02. The molecule has 3 N–H and O–H groups in total. The number of ether oxygens (including phenoxy) is 2. The first-order valence-electron chi connectivity index (χ1n) is 5.09. The van der Waals surface area contributed by atoms with Gasteiger partial charge in [-0.2, -0.15) is 0 Å². The molecule has 1 atom stereocenters. The van der Waals surface area contributed by atoms with Crippen LogP contribution < -0.4 is 10.6 Å². The van der Waals surface area contributed by atoms with Crippen LogP contribution in [0.1, 0.15) is 0 Å². The molecule has 1 amide bonds. The number of morpholine rings is 1. The van der Waals surface area contributed by atoms with Crippen molar-refractivity contribution in [1.82, 2.24) is 10.6 Å². The van der Waals surface area contributed by atoms with Gasteiger partial charge >= 0.3 is 5.97 Å². The van der Waals surface area contributed by atoms with Crippen molar-refractivity contribution in [2.24, 2.45) is 0 Å². The summed E-state index contributed by atoms with van der Waals surface area (Å²) < 4.78 is 9.99. The molecular formula is C9H16N2O5. The first kappa shape index (κ1) is 12.9. The van der Waals surface area contributed by atoms with E-state index in [9.17, 15) is 9.59 Å². The zero-order valence-electron chi connectivity index (χ0n) is 8.90. The molecule has 92 valence electrons. The number of carbonyl (C=O) groups is 2. The van der Waals surface area contributed by atoms with E-state index in [0.29, 0.717) is 13.2 Å². The van der Waals surface area contributed by atoms with Gasteiger partial charge in [0.25, 0.3) is 5.91 Å². The van der Waals surface area contributed by atoms with Gasteiger partial charge in [0.05, 0.1) is 13.2 Å². The third kappa shape index (κ3) is 5.06. The third-order valence-corrected chi connectivity index (χ3v) is 1.99. The van der Waals surface area contributed by atoms with Crippen LogP contribution in [0.3, 0.4) is 0 Å². The zero-order chi connectivity index (χ0) is 11.8. The van der Waals surface area contributed by atoms with Gasteiger partial charge < -0.3 is 25.2 Å². The predicted octanol–water partition coefficient (Wildman–Crippen LogP) is -1.81. The van der Waals surface area contributed by atoms with Crippen LogP contribution in [0.2, 0.25) is 0 Å². The number of rotatable bonds is 6. The Morgan fingerprint density at radius 1 is 1.56 bits per heavy atom. The van der Waals surface area contributed by atoms with E-state index >= 15 is 0 Å². The molecule has 0 spiro atoms. The number of amides is 1. The van der Waals surface area contributed by atoms with Crippen molar-refractivity contribution >= 4 is 11.9 Å². The maximum Gasteiger partial charge on any atom is 0.329 e. The summed E-state index contributed by atoms with van der Waals surface area (Å²) in [5.41, 5.74) is 0. The lowest BCUT2D eigenvalue weighted by atomic mass is 10.3.